The molecular formula is C17H20N2O2. The minimum atomic E-state index is -0.336. The van der Waals surface area contributed by atoms with Gasteiger partial charge in [-0.1, -0.05) is 36.4 Å². The van der Waals surface area contributed by atoms with Crippen molar-refractivity contribution < 1.29 is 9.53 Å². The summed E-state index contributed by atoms with van der Waals surface area (Å²) in [4.78, 5) is 14.5. The van der Waals surface area contributed by atoms with Crippen molar-refractivity contribution >= 4 is 11.6 Å². The van der Waals surface area contributed by atoms with Crippen molar-refractivity contribution in [2.45, 2.75) is 6.04 Å². The Morgan fingerprint density at radius 3 is 2.43 bits per heavy atom. The number of amides is 1. The molecule has 2 rings (SSSR count). The maximum atomic E-state index is 12.6. The monoisotopic (exact) mass is 284 g/mol. The van der Waals surface area contributed by atoms with E-state index in [1.165, 1.54) is 0 Å². The molecule has 0 saturated heterocycles. The molecule has 0 unspecified atom stereocenters. The van der Waals surface area contributed by atoms with E-state index in [1.807, 2.05) is 67.5 Å². The fourth-order valence-electron chi connectivity index (χ4n) is 2.23. The molecule has 2 aromatic rings. The Balaban J connectivity index is 2.19. The lowest BCUT2D eigenvalue weighted by Gasteiger charge is -2.23. The number of hydrogen-bond acceptors (Lipinski definition) is 3. The van der Waals surface area contributed by atoms with Crippen molar-refractivity contribution in [1.29, 1.82) is 0 Å². The molecular weight excluding hydrogens is 264 g/mol. The molecule has 110 valence electrons. The van der Waals surface area contributed by atoms with Crippen LogP contribution in [0.1, 0.15) is 11.6 Å². The quantitative estimate of drug-likeness (QED) is 0.918. The zero-order valence-corrected chi connectivity index (χ0v) is 12.5. The summed E-state index contributed by atoms with van der Waals surface area (Å²) in [5.41, 5.74) is 1.69. The van der Waals surface area contributed by atoms with Gasteiger partial charge in [-0.25, -0.2) is 0 Å². The summed E-state index contributed by atoms with van der Waals surface area (Å²) < 4.78 is 5.17. The van der Waals surface area contributed by atoms with Gasteiger partial charge in [0.2, 0.25) is 5.91 Å². The third-order valence-electron chi connectivity index (χ3n) is 3.22. The fraction of sp³-hybridized carbons (Fsp3) is 0.235. The Morgan fingerprint density at radius 2 is 1.81 bits per heavy atom. The van der Waals surface area contributed by atoms with Crippen LogP contribution in [-0.2, 0) is 4.79 Å². The molecule has 0 aliphatic rings. The number of nitrogens with one attached hydrogen (secondary N) is 1. The van der Waals surface area contributed by atoms with Crippen LogP contribution >= 0.6 is 0 Å². The predicted octanol–water partition coefficient (Wildman–Crippen LogP) is 2.94. The van der Waals surface area contributed by atoms with Crippen molar-refractivity contribution in [2.75, 3.05) is 26.5 Å². The van der Waals surface area contributed by atoms with Crippen molar-refractivity contribution in [3.8, 4) is 5.75 Å². The zero-order chi connectivity index (χ0) is 15.2. The molecule has 4 nitrogen and oxygen atoms in total. The van der Waals surface area contributed by atoms with Gasteiger partial charge in [0.25, 0.3) is 0 Å². The van der Waals surface area contributed by atoms with Gasteiger partial charge >= 0.3 is 0 Å². The second-order valence-electron chi connectivity index (χ2n) is 5.00. The van der Waals surface area contributed by atoms with Crippen LogP contribution in [0.5, 0.6) is 5.75 Å². The number of hydrogen-bond donors (Lipinski definition) is 1. The average molecular weight is 284 g/mol. The standard InChI is InChI=1S/C17H20N2O2/c1-19(2)16(13-8-5-4-6-9-13)17(20)18-14-10-7-11-15(12-14)21-3/h4-12,16H,1-3H3,(H,18,20)/t16-/m1/s1. The highest BCUT2D eigenvalue weighted by Crippen LogP contribution is 2.22. The van der Waals surface area contributed by atoms with E-state index in [0.717, 1.165) is 11.3 Å². The van der Waals surface area contributed by atoms with Crippen LogP contribution in [0, 0.1) is 0 Å². The smallest absolute Gasteiger partial charge is 0.246 e. The normalized spacial score (nSPS) is 12.0. The Morgan fingerprint density at radius 1 is 1.10 bits per heavy atom. The van der Waals surface area contributed by atoms with Crippen LogP contribution in [0.15, 0.2) is 54.6 Å². The summed E-state index contributed by atoms with van der Waals surface area (Å²) in [7, 11) is 5.39. The molecule has 1 atom stereocenters. The summed E-state index contributed by atoms with van der Waals surface area (Å²) in [6.07, 6.45) is 0. The number of likely N-dealkylation sites (N-methyl/N-ethyl adjacent to an activating group) is 1. The molecule has 0 aliphatic heterocycles. The molecule has 0 bridgehead atoms. The number of ether oxygens (including phenoxy) is 1. The molecule has 0 fully saturated rings. The zero-order valence-electron chi connectivity index (χ0n) is 12.5. The SMILES string of the molecule is COc1cccc(NC(=O)[C@@H](c2ccccc2)N(C)C)c1. The minimum Gasteiger partial charge on any atom is -0.497 e. The van der Waals surface area contributed by atoms with Crippen molar-refractivity contribution in [1.82, 2.24) is 4.90 Å². The number of benzene rings is 2. The number of carbonyl (C=O) groups is 1. The van der Waals surface area contributed by atoms with Gasteiger partial charge in [0.15, 0.2) is 0 Å². The molecule has 0 aromatic heterocycles. The molecule has 1 N–H and O–H groups in total. The maximum absolute atomic E-state index is 12.6. The minimum absolute atomic E-state index is 0.0700. The van der Waals surface area contributed by atoms with Crippen LogP contribution in [-0.4, -0.2) is 32.0 Å². The first kappa shape index (κ1) is 15.1. The lowest BCUT2D eigenvalue weighted by Crippen LogP contribution is -2.32. The molecule has 0 spiro atoms. The first-order valence-electron chi connectivity index (χ1n) is 6.78. The van der Waals surface area contributed by atoms with Gasteiger partial charge in [-0.05, 0) is 31.8 Å². The predicted molar refractivity (Wildman–Crippen MR) is 84.5 cm³/mol. The highest BCUT2D eigenvalue weighted by atomic mass is 16.5. The van der Waals surface area contributed by atoms with Gasteiger partial charge in [0.05, 0.1) is 7.11 Å². The number of rotatable bonds is 5. The molecule has 1 amide bonds. The van der Waals surface area contributed by atoms with E-state index in [2.05, 4.69) is 5.32 Å². The van der Waals surface area contributed by atoms with Crippen LogP contribution < -0.4 is 10.1 Å². The van der Waals surface area contributed by atoms with Gasteiger partial charge in [0.1, 0.15) is 11.8 Å². The molecule has 0 radical (unpaired) electrons. The Hall–Kier alpha value is -2.33. The van der Waals surface area contributed by atoms with E-state index < -0.39 is 0 Å². The largest absolute Gasteiger partial charge is 0.497 e. The Kier molecular flexibility index (Phi) is 4.95. The van der Waals surface area contributed by atoms with E-state index in [1.54, 1.807) is 13.2 Å². The van der Waals surface area contributed by atoms with Crippen LogP contribution in [0.25, 0.3) is 0 Å². The molecule has 2 aromatic carbocycles. The van der Waals surface area contributed by atoms with Crippen molar-refractivity contribution in [3.63, 3.8) is 0 Å². The molecule has 0 aliphatic carbocycles. The average Bonchev–Trinajstić information content (AvgIpc) is 2.48. The fourth-order valence-corrected chi connectivity index (χ4v) is 2.23. The summed E-state index contributed by atoms with van der Waals surface area (Å²) in [6.45, 7) is 0. The first-order valence-corrected chi connectivity index (χ1v) is 6.78. The topological polar surface area (TPSA) is 41.6 Å². The van der Waals surface area contributed by atoms with E-state index in [9.17, 15) is 4.79 Å². The summed E-state index contributed by atoms with van der Waals surface area (Å²) in [6, 6.07) is 16.7. The molecule has 0 heterocycles. The van der Waals surface area contributed by atoms with Gasteiger partial charge in [-0.15, -0.1) is 0 Å². The van der Waals surface area contributed by atoms with Crippen LogP contribution in [0.4, 0.5) is 5.69 Å². The Bertz CT molecular complexity index is 597. The number of carbonyl (C=O) groups excluding carboxylic acids is 1. The second-order valence-corrected chi connectivity index (χ2v) is 5.00. The van der Waals surface area contributed by atoms with Crippen LogP contribution in [0.3, 0.4) is 0 Å². The van der Waals surface area contributed by atoms with E-state index >= 15 is 0 Å². The third-order valence-corrected chi connectivity index (χ3v) is 3.22. The molecule has 4 heteroatoms. The van der Waals surface area contributed by atoms with Crippen molar-refractivity contribution in [2.24, 2.45) is 0 Å². The van der Waals surface area contributed by atoms with Gasteiger partial charge in [-0.2, -0.15) is 0 Å². The first-order chi connectivity index (χ1) is 10.1. The van der Waals surface area contributed by atoms with Gasteiger partial charge < -0.3 is 10.1 Å². The summed E-state index contributed by atoms with van der Waals surface area (Å²) in [5, 5.41) is 2.94. The number of anilines is 1. The highest BCUT2D eigenvalue weighted by Gasteiger charge is 2.22. The Labute approximate surface area is 125 Å². The summed E-state index contributed by atoms with van der Waals surface area (Å²) >= 11 is 0. The molecule has 21 heavy (non-hydrogen) atoms. The number of nitrogens with zero attached hydrogens (tertiary/aromatic N) is 1. The molecule has 0 saturated carbocycles. The lowest BCUT2D eigenvalue weighted by molar-refractivity contribution is -0.120. The van der Waals surface area contributed by atoms with Crippen LogP contribution in [0.2, 0.25) is 0 Å². The van der Waals surface area contributed by atoms with Crippen molar-refractivity contribution in [3.05, 3.63) is 60.2 Å². The number of methoxy groups -OCH3 is 1. The van der Waals surface area contributed by atoms with Gasteiger partial charge in [-0.3, -0.25) is 9.69 Å². The van der Waals surface area contributed by atoms with Gasteiger partial charge in [0, 0.05) is 11.8 Å². The second kappa shape index (κ2) is 6.90. The maximum Gasteiger partial charge on any atom is 0.246 e. The lowest BCUT2D eigenvalue weighted by atomic mass is 10.1. The van der Waals surface area contributed by atoms with E-state index in [-0.39, 0.29) is 11.9 Å². The highest BCUT2D eigenvalue weighted by molar-refractivity contribution is 5.95. The van der Waals surface area contributed by atoms with E-state index in [0.29, 0.717) is 5.75 Å². The third kappa shape index (κ3) is 3.83. The van der Waals surface area contributed by atoms with E-state index in [4.69, 9.17) is 4.74 Å². The summed E-state index contributed by atoms with van der Waals surface area (Å²) in [5.74, 6) is 0.647.